The van der Waals surface area contributed by atoms with Gasteiger partial charge < -0.3 is 10.5 Å². The van der Waals surface area contributed by atoms with Crippen LogP contribution in [0.15, 0.2) is 42.5 Å². The minimum atomic E-state index is -0.0471. The summed E-state index contributed by atoms with van der Waals surface area (Å²) in [7, 11) is 0. The molecule has 0 saturated heterocycles. The molecule has 0 bridgehead atoms. The quantitative estimate of drug-likeness (QED) is 0.184. The van der Waals surface area contributed by atoms with Gasteiger partial charge >= 0.3 is 0 Å². The van der Waals surface area contributed by atoms with Crippen LogP contribution < -0.4 is 5.32 Å². The van der Waals surface area contributed by atoms with Crippen molar-refractivity contribution in [3.05, 3.63) is 69.2 Å². The van der Waals surface area contributed by atoms with Gasteiger partial charge in [0.05, 0.1) is 10.0 Å². The van der Waals surface area contributed by atoms with Crippen LogP contribution in [-0.4, -0.2) is 22.7 Å². The Balaban J connectivity index is 1.60. The number of carbonyl (C=O) groups excluding carboxylic acids is 1. The minimum Gasteiger partial charge on any atom is -0.352 e. The SMILES string of the molecule is CCCCCCCCCCCCNC(=O)c1ccc(CN(O)Cc2ccc(Cl)c(Cl)c2)cc1. The van der Waals surface area contributed by atoms with Crippen LogP contribution >= 0.6 is 23.2 Å². The van der Waals surface area contributed by atoms with E-state index in [1.165, 1.54) is 62.9 Å². The van der Waals surface area contributed by atoms with Crippen molar-refractivity contribution in [2.45, 2.75) is 84.2 Å². The monoisotopic (exact) mass is 492 g/mol. The number of unbranched alkanes of at least 4 members (excludes halogenated alkanes) is 9. The standard InChI is InChI=1S/C27H38Cl2N2O2/c1-2-3-4-5-6-7-8-9-10-11-18-30-27(32)24-15-12-22(13-16-24)20-31(33)21-23-14-17-25(28)26(29)19-23/h12-17,19,33H,2-11,18,20-21H2,1H3,(H,30,32). The number of hydrogen-bond donors (Lipinski definition) is 2. The lowest BCUT2D eigenvalue weighted by Crippen LogP contribution is -2.24. The van der Waals surface area contributed by atoms with Gasteiger partial charge in [-0.3, -0.25) is 4.79 Å². The molecule has 2 rings (SSSR count). The summed E-state index contributed by atoms with van der Waals surface area (Å²) in [6, 6.07) is 12.6. The first kappa shape index (κ1) is 27.7. The van der Waals surface area contributed by atoms with E-state index >= 15 is 0 Å². The van der Waals surface area contributed by atoms with Crippen LogP contribution in [0.4, 0.5) is 0 Å². The predicted molar refractivity (Wildman–Crippen MR) is 138 cm³/mol. The van der Waals surface area contributed by atoms with Crippen LogP contribution in [0, 0.1) is 0 Å². The van der Waals surface area contributed by atoms with Gasteiger partial charge in [0.25, 0.3) is 5.91 Å². The van der Waals surface area contributed by atoms with Gasteiger partial charge in [-0.05, 0) is 41.8 Å². The highest BCUT2D eigenvalue weighted by atomic mass is 35.5. The third kappa shape index (κ3) is 11.4. The first-order chi connectivity index (χ1) is 16.0. The van der Waals surface area contributed by atoms with E-state index in [2.05, 4.69) is 12.2 Å². The van der Waals surface area contributed by atoms with Gasteiger partial charge in [0.2, 0.25) is 0 Å². The number of hydroxylamine groups is 2. The number of hydrogen-bond acceptors (Lipinski definition) is 3. The first-order valence-corrected chi connectivity index (χ1v) is 13.0. The molecule has 0 unspecified atom stereocenters. The van der Waals surface area contributed by atoms with Gasteiger partial charge in [-0.1, -0.05) is 106 Å². The van der Waals surface area contributed by atoms with Crippen molar-refractivity contribution in [1.29, 1.82) is 0 Å². The molecule has 0 heterocycles. The fourth-order valence-electron chi connectivity index (χ4n) is 3.79. The van der Waals surface area contributed by atoms with E-state index in [0.717, 1.165) is 17.5 Å². The van der Waals surface area contributed by atoms with Crippen molar-refractivity contribution in [3.8, 4) is 0 Å². The second-order valence-corrected chi connectivity index (χ2v) is 9.52. The molecule has 1 amide bonds. The Morgan fingerprint density at radius 1 is 0.788 bits per heavy atom. The molecule has 0 fully saturated rings. The Bertz CT molecular complexity index is 827. The first-order valence-electron chi connectivity index (χ1n) is 12.2. The van der Waals surface area contributed by atoms with Gasteiger partial charge in [0.15, 0.2) is 0 Å². The topological polar surface area (TPSA) is 52.6 Å². The summed E-state index contributed by atoms with van der Waals surface area (Å²) in [5, 5.41) is 15.4. The summed E-state index contributed by atoms with van der Waals surface area (Å²) in [5.74, 6) is -0.0471. The summed E-state index contributed by atoms with van der Waals surface area (Å²) < 4.78 is 0. The van der Waals surface area contributed by atoms with E-state index < -0.39 is 0 Å². The van der Waals surface area contributed by atoms with Crippen LogP contribution in [-0.2, 0) is 13.1 Å². The Labute approximate surface area is 209 Å². The minimum absolute atomic E-state index is 0.0471. The molecule has 0 radical (unpaired) electrons. The number of rotatable bonds is 16. The molecule has 33 heavy (non-hydrogen) atoms. The van der Waals surface area contributed by atoms with Crippen LogP contribution in [0.5, 0.6) is 0 Å². The van der Waals surface area contributed by atoms with Gasteiger partial charge in [-0.15, -0.1) is 0 Å². The second-order valence-electron chi connectivity index (χ2n) is 8.71. The van der Waals surface area contributed by atoms with Gasteiger partial charge in [0.1, 0.15) is 0 Å². The fourth-order valence-corrected chi connectivity index (χ4v) is 4.11. The molecule has 0 aliphatic heterocycles. The summed E-state index contributed by atoms with van der Waals surface area (Å²) in [6.45, 7) is 3.64. The van der Waals surface area contributed by atoms with Crippen LogP contribution in [0.3, 0.4) is 0 Å². The smallest absolute Gasteiger partial charge is 0.251 e. The van der Waals surface area contributed by atoms with E-state index in [0.29, 0.717) is 35.2 Å². The Hall–Kier alpha value is -1.59. The Morgan fingerprint density at radius 3 is 1.94 bits per heavy atom. The zero-order valence-corrected chi connectivity index (χ0v) is 21.3. The molecule has 2 aromatic carbocycles. The lowest BCUT2D eigenvalue weighted by atomic mass is 10.1. The average molecular weight is 494 g/mol. The third-order valence-corrected chi connectivity index (χ3v) is 6.49. The maximum atomic E-state index is 12.3. The molecule has 0 spiro atoms. The summed E-state index contributed by atoms with van der Waals surface area (Å²) >= 11 is 12.0. The van der Waals surface area contributed by atoms with E-state index in [1.807, 2.05) is 18.2 Å². The summed E-state index contributed by atoms with van der Waals surface area (Å²) in [6.07, 6.45) is 12.8. The van der Waals surface area contributed by atoms with Gasteiger partial charge in [0, 0.05) is 25.2 Å². The predicted octanol–water partition coefficient (Wildman–Crippen LogP) is 8.04. The molecular weight excluding hydrogens is 455 g/mol. The molecule has 0 aliphatic carbocycles. The van der Waals surface area contributed by atoms with E-state index in [-0.39, 0.29) is 5.91 Å². The molecule has 4 nitrogen and oxygen atoms in total. The lowest BCUT2D eigenvalue weighted by molar-refractivity contribution is -0.108. The molecule has 182 valence electrons. The fraction of sp³-hybridized carbons (Fsp3) is 0.519. The lowest BCUT2D eigenvalue weighted by Gasteiger charge is -2.15. The summed E-state index contributed by atoms with van der Waals surface area (Å²) in [5.41, 5.74) is 2.43. The van der Waals surface area contributed by atoms with Crippen molar-refractivity contribution < 1.29 is 10.0 Å². The number of benzene rings is 2. The molecular formula is C27H38Cl2N2O2. The maximum absolute atomic E-state index is 12.3. The molecule has 2 aromatic rings. The molecule has 0 aliphatic rings. The van der Waals surface area contributed by atoms with E-state index in [4.69, 9.17) is 23.2 Å². The highest BCUT2D eigenvalue weighted by Gasteiger charge is 2.08. The van der Waals surface area contributed by atoms with E-state index in [1.54, 1.807) is 24.3 Å². The van der Waals surface area contributed by atoms with Crippen LogP contribution in [0.2, 0.25) is 10.0 Å². The second kappa shape index (κ2) is 16.1. The van der Waals surface area contributed by atoms with Crippen molar-refractivity contribution in [1.82, 2.24) is 10.4 Å². The third-order valence-electron chi connectivity index (χ3n) is 5.75. The molecule has 0 atom stereocenters. The van der Waals surface area contributed by atoms with Gasteiger partial charge in [-0.25, -0.2) is 0 Å². The molecule has 0 saturated carbocycles. The highest BCUT2D eigenvalue weighted by Crippen LogP contribution is 2.23. The largest absolute Gasteiger partial charge is 0.352 e. The Kier molecular flexibility index (Phi) is 13.5. The molecule has 2 N–H and O–H groups in total. The number of nitrogens with zero attached hydrogens (tertiary/aromatic N) is 1. The van der Waals surface area contributed by atoms with Crippen LogP contribution in [0.1, 0.15) is 92.6 Å². The molecule has 6 heteroatoms. The van der Waals surface area contributed by atoms with E-state index in [9.17, 15) is 10.0 Å². The molecule has 0 aromatic heterocycles. The van der Waals surface area contributed by atoms with Crippen molar-refractivity contribution in [3.63, 3.8) is 0 Å². The number of halogens is 2. The summed E-state index contributed by atoms with van der Waals surface area (Å²) in [4.78, 5) is 12.3. The zero-order valence-electron chi connectivity index (χ0n) is 19.8. The number of amides is 1. The zero-order chi connectivity index (χ0) is 23.9. The normalized spacial score (nSPS) is 11.2. The maximum Gasteiger partial charge on any atom is 0.251 e. The van der Waals surface area contributed by atoms with Crippen LogP contribution in [0.25, 0.3) is 0 Å². The van der Waals surface area contributed by atoms with Crippen molar-refractivity contribution in [2.24, 2.45) is 0 Å². The Morgan fingerprint density at radius 2 is 1.33 bits per heavy atom. The number of carbonyl (C=O) groups is 1. The van der Waals surface area contributed by atoms with Crippen molar-refractivity contribution in [2.75, 3.05) is 6.54 Å². The highest BCUT2D eigenvalue weighted by molar-refractivity contribution is 6.42. The number of nitrogens with one attached hydrogen (secondary N) is 1. The van der Waals surface area contributed by atoms with Crippen molar-refractivity contribution >= 4 is 29.1 Å². The average Bonchev–Trinajstić information content (AvgIpc) is 2.80. The van der Waals surface area contributed by atoms with Gasteiger partial charge in [-0.2, -0.15) is 5.06 Å².